The van der Waals surface area contributed by atoms with Crippen LogP contribution >= 0.6 is 0 Å². The summed E-state index contributed by atoms with van der Waals surface area (Å²) in [5.74, 6) is 0.259. The molecule has 0 saturated heterocycles. The molecule has 1 aromatic rings. The number of carbonyl (C=O) groups is 1. The maximum Gasteiger partial charge on any atom is 0.224 e. The summed E-state index contributed by atoms with van der Waals surface area (Å²) in [5.41, 5.74) is 1.97. The Morgan fingerprint density at radius 1 is 1.39 bits per heavy atom. The van der Waals surface area contributed by atoms with Crippen molar-refractivity contribution in [3.63, 3.8) is 0 Å². The van der Waals surface area contributed by atoms with E-state index in [1.807, 2.05) is 38.2 Å². The smallest absolute Gasteiger partial charge is 0.224 e. The Bertz CT molecular complexity index is 380. The Balaban J connectivity index is 2.58. The molecule has 1 rings (SSSR count). The van der Waals surface area contributed by atoms with Gasteiger partial charge in [0.25, 0.3) is 0 Å². The Morgan fingerprint density at radius 3 is 2.78 bits per heavy atom. The van der Waals surface area contributed by atoms with Crippen LogP contribution in [-0.2, 0) is 16.1 Å². The van der Waals surface area contributed by atoms with Gasteiger partial charge in [-0.1, -0.05) is 25.1 Å². The number of benzene rings is 1. The third kappa shape index (κ3) is 4.85. The van der Waals surface area contributed by atoms with Crippen molar-refractivity contribution in [3.8, 4) is 0 Å². The first-order chi connectivity index (χ1) is 8.67. The number of rotatable bonds is 7. The highest BCUT2D eigenvalue weighted by molar-refractivity contribution is 5.91. The summed E-state index contributed by atoms with van der Waals surface area (Å²) in [5, 5.41) is 6.04. The minimum Gasteiger partial charge on any atom is -0.384 e. The van der Waals surface area contributed by atoms with E-state index in [2.05, 4.69) is 10.6 Å². The molecule has 0 aliphatic heterocycles. The molecule has 2 N–H and O–H groups in total. The van der Waals surface area contributed by atoms with Gasteiger partial charge in [0.2, 0.25) is 5.91 Å². The summed E-state index contributed by atoms with van der Waals surface area (Å²) >= 11 is 0. The van der Waals surface area contributed by atoms with Gasteiger partial charge in [-0.3, -0.25) is 4.79 Å². The van der Waals surface area contributed by atoms with Crippen LogP contribution in [0.25, 0.3) is 0 Å². The maximum absolute atomic E-state index is 11.9. The monoisotopic (exact) mass is 250 g/mol. The lowest BCUT2D eigenvalue weighted by molar-refractivity contribution is -0.117. The topological polar surface area (TPSA) is 50.4 Å². The van der Waals surface area contributed by atoms with Crippen LogP contribution in [0.4, 0.5) is 5.69 Å². The first kappa shape index (κ1) is 14.7. The van der Waals surface area contributed by atoms with Crippen LogP contribution in [0, 0.1) is 5.92 Å². The second-order valence-corrected chi connectivity index (χ2v) is 4.50. The SMILES string of the molecule is CNCc1ccccc1NC(=O)CC(C)COC. The highest BCUT2D eigenvalue weighted by Gasteiger charge is 2.10. The van der Waals surface area contributed by atoms with E-state index in [0.717, 1.165) is 17.8 Å². The summed E-state index contributed by atoms with van der Waals surface area (Å²) in [6.45, 7) is 3.35. The van der Waals surface area contributed by atoms with E-state index < -0.39 is 0 Å². The standard InChI is InChI=1S/C14H22N2O2/c1-11(10-18-3)8-14(17)16-13-7-5-4-6-12(13)9-15-2/h4-7,11,15H,8-10H2,1-3H3,(H,16,17). The highest BCUT2D eigenvalue weighted by Crippen LogP contribution is 2.15. The van der Waals surface area contributed by atoms with Crippen LogP contribution < -0.4 is 10.6 Å². The molecule has 1 aromatic carbocycles. The van der Waals surface area contributed by atoms with Gasteiger partial charge in [0, 0.05) is 32.4 Å². The fourth-order valence-electron chi connectivity index (χ4n) is 1.85. The number of methoxy groups -OCH3 is 1. The molecule has 0 aliphatic rings. The van der Waals surface area contributed by atoms with Gasteiger partial charge in [0.05, 0.1) is 0 Å². The fraction of sp³-hybridized carbons (Fsp3) is 0.500. The predicted octanol–water partition coefficient (Wildman–Crippen LogP) is 2.02. The number of para-hydroxylation sites is 1. The van der Waals surface area contributed by atoms with E-state index in [0.29, 0.717) is 13.0 Å². The zero-order valence-corrected chi connectivity index (χ0v) is 11.3. The molecule has 1 atom stereocenters. The molecule has 1 amide bonds. The third-order valence-corrected chi connectivity index (χ3v) is 2.64. The van der Waals surface area contributed by atoms with Gasteiger partial charge in [0.15, 0.2) is 0 Å². The molecule has 18 heavy (non-hydrogen) atoms. The minimum atomic E-state index is 0.0307. The van der Waals surface area contributed by atoms with Crippen LogP contribution in [0.1, 0.15) is 18.9 Å². The van der Waals surface area contributed by atoms with Crippen LogP contribution in [0.2, 0.25) is 0 Å². The van der Waals surface area contributed by atoms with E-state index >= 15 is 0 Å². The zero-order valence-electron chi connectivity index (χ0n) is 11.3. The van der Waals surface area contributed by atoms with Gasteiger partial charge >= 0.3 is 0 Å². The molecule has 0 heterocycles. The molecule has 0 radical (unpaired) electrons. The molecular formula is C14H22N2O2. The quantitative estimate of drug-likeness (QED) is 0.778. The van der Waals surface area contributed by atoms with E-state index in [1.54, 1.807) is 7.11 Å². The lowest BCUT2D eigenvalue weighted by atomic mass is 10.1. The summed E-state index contributed by atoms with van der Waals surface area (Å²) in [4.78, 5) is 11.9. The number of hydrogen-bond donors (Lipinski definition) is 2. The molecule has 0 bridgehead atoms. The van der Waals surface area contributed by atoms with Gasteiger partial charge in [-0.15, -0.1) is 0 Å². The Hall–Kier alpha value is -1.39. The summed E-state index contributed by atoms with van der Waals surface area (Å²) in [7, 11) is 3.54. The zero-order chi connectivity index (χ0) is 13.4. The van der Waals surface area contributed by atoms with Gasteiger partial charge < -0.3 is 15.4 Å². The van der Waals surface area contributed by atoms with Crippen molar-refractivity contribution in [2.24, 2.45) is 5.92 Å². The van der Waals surface area contributed by atoms with Crippen LogP contribution in [-0.4, -0.2) is 26.7 Å². The highest BCUT2D eigenvalue weighted by atomic mass is 16.5. The lowest BCUT2D eigenvalue weighted by Crippen LogP contribution is -2.19. The second-order valence-electron chi connectivity index (χ2n) is 4.50. The number of ether oxygens (including phenoxy) is 1. The van der Waals surface area contributed by atoms with E-state index in [-0.39, 0.29) is 11.8 Å². The molecule has 0 aromatic heterocycles. The molecule has 4 heteroatoms. The normalized spacial score (nSPS) is 12.2. The molecule has 0 spiro atoms. The number of amides is 1. The first-order valence-electron chi connectivity index (χ1n) is 6.18. The van der Waals surface area contributed by atoms with Gasteiger partial charge in [-0.25, -0.2) is 0 Å². The van der Waals surface area contributed by atoms with Gasteiger partial charge in [0.1, 0.15) is 0 Å². The summed E-state index contributed by atoms with van der Waals surface area (Å²) in [6, 6.07) is 7.82. The van der Waals surface area contributed by atoms with E-state index in [4.69, 9.17) is 4.74 Å². The summed E-state index contributed by atoms with van der Waals surface area (Å²) in [6.07, 6.45) is 0.474. The van der Waals surface area contributed by atoms with E-state index in [1.165, 1.54) is 0 Å². The molecule has 1 unspecified atom stereocenters. The van der Waals surface area contributed by atoms with Crippen LogP contribution in [0.5, 0.6) is 0 Å². The Labute approximate surface area is 109 Å². The number of carbonyl (C=O) groups excluding carboxylic acids is 1. The number of nitrogens with one attached hydrogen (secondary N) is 2. The molecule has 4 nitrogen and oxygen atoms in total. The van der Waals surface area contributed by atoms with Crippen molar-refractivity contribution >= 4 is 11.6 Å². The van der Waals surface area contributed by atoms with Gasteiger partial charge in [-0.05, 0) is 24.6 Å². The fourth-order valence-corrected chi connectivity index (χ4v) is 1.85. The number of anilines is 1. The average molecular weight is 250 g/mol. The first-order valence-corrected chi connectivity index (χ1v) is 6.18. The maximum atomic E-state index is 11.9. The largest absolute Gasteiger partial charge is 0.384 e. The molecule has 0 fully saturated rings. The summed E-state index contributed by atoms with van der Waals surface area (Å²) < 4.78 is 5.03. The van der Waals surface area contributed by atoms with Crippen molar-refractivity contribution in [1.82, 2.24) is 5.32 Å². The minimum absolute atomic E-state index is 0.0307. The van der Waals surface area contributed by atoms with Crippen LogP contribution in [0.3, 0.4) is 0 Å². The van der Waals surface area contributed by atoms with Gasteiger partial charge in [-0.2, -0.15) is 0 Å². The Kier molecular flexibility index (Phi) is 6.39. The predicted molar refractivity (Wildman–Crippen MR) is 73.5 cm³/mol. The number of hydrogen-bond acceptors (Lipinski definition) is 3. The second kappa shape index (κ2) is 7.84. The molecule has 0 aliphatic carbocycles. The van der Waals surface area contributed by atoms with Crippen LogP contribution in [0.15, 0.2) is 24.3 Å². The third-order valence-electron chi connectivity index (χ3n) is 2.64. The Morgan fingerprint density at radius 2 is 2.11 bits per heavy atom. The molecule has 100 valence electrons. The van der Waals surface area contributed by atoms with E-state index in [9.17, 15) is 4.79 Å². The van der Waals surface area contributed by atoms with Crippen molar-refractivity contribution in [3.05, 3.63) is 29.8 Å². The van der Waals surface area contributed by atoms with Crippen molar-refractivity contribution in [2.45, 2.75) is 19.9 Å². The lowest BCUT2D eigenvalue weighted by Gasteiger charge is -2.13. The van der Waals surface area contributed by atoms with Crippen molar-refractivity contribution in [1.29, 1.82) is 0 Å². The molecule has 0 saturated carbocycles. The van der Waals surface area contributed by atoms with Crippen molar-refractivity contribution < 1.29 is 9.53 Å². The average Bonchev–Trinajstić information content (AvgIpc) is 2.32. The van der Waals surface area contributed by atoms with Crippen molar-refractivity contribution in [2.75, 3.05) is 26.1 Å². The molecular weight excluding hydrogens is 228 g/mol.